The van der Waals surface area contributed by atoms with Gasteiger partial charge in [-0.15, -0.1) is 0 Å². The second kappa shape index (κ2) is 10.00. The van der Waals surface area contributed by atoms with E-state index in [0.717, 1.165) is 0 Å². The van der Waals surface area contributed by atoms with Gasteiger partial charge in [-0.1, -0.05) is 133 Å². The Balaban J connectivity index is 1.27. The zero-order valence-electron chi connectivity index (χ0n) is 27.7. The van der Waals surface area contributed by atoms with Crippen molar-refractivity contribution in [2.24, 2.45) is 0 Å². The van der Waals surface area contributed by atoms with Gasteiger partial charge < -0.3 is 9.47 Å². The van der Waals surface area contributed by atoms with Crippen LogP contribution in [0, 0.1) is 0 Å². The van der Waals surface area contributed by atoms with Crippen LogP contribution in [0.15, 0.2) is 176 Å². The molecular weight excluding hydrogens is 615 g/mol. The van der Waals surface area contributed by atoms with E-state index in [1.165, 1.54) is 104 Å². The van der Waals surface area contributed by atoms with E-state index in [9.17, 15) is 0 Å². The maximum absolute atomic E-state index is 2.53. The molecule has 3 heterocycles. The zero-order valence-corrected chi connectivity index (χ0v) is 27.7. The SMILES string of the molecule is c1ccc(-n2c3ccccc3c3c4c5c(cccc5cc32)B2c3c-4cccc3N(c3ccc4ccccc4c3)c3ccc4ccccc4c32)cc1. The van der Waals surface area contributed by atoms with Crippen molar-refractivity contribution < 1.29 is 0 Å². The van der Waals surface area contributed by atoms with E-state index in [1.54, 1.807) is 0 Å². The molecule has 0 amide bonds. The van der Waals surface area contributed by atoms with Crippen molar-refractivity contribution in [3.8, 4) is 16.8 Å². The second-order valence-corrected chi connectivity index (χ2v) is 14.0. The molecule has 2 aliphatic heterocycles. The lowest BCUT2D eigenvalue weighted by molar-refractivity contribution is 1.18. The van der Waals surface area contributed by atoms with Crippen LogP contribution >= 0.6 is 0 Å². The number of nitrogens with zero attached hydrogens (tertiary/aromatic N) is 2. The number of benzene rings is 9. The molecule has 0 radical (unpaired) electrons. The van der Waals surface area contributed by atoms with Gasteiger partial charge in [-0.3, -0.25) is 0 Å². The minimum Gasteiger partial charge on any atom is -0.311 e. The van der Waals surface area contributed by atoms with Gasteiger partial charge in [0.25, 0.3) is 0 Å². The van der Waals surface area contributed by atoms with Crippen molar-refractivity contribution >= 4 is 94.3 Å². The summed E-state index contributed by atoms with van der Waals surface area (Å²) in [6.45, 7) is 0.0881. The van der Waals surface area contributed by atoms with E-state index in [1.807, 2.05) is 0 Å². The van der Waals surface area contributed by atoms with E-state index in [4.69, 9.17) is 0 Å². The molecule has 10 aromatic rings. The number of rotatable bonds is 2. The van der Waals surface area contributed by atoms with Crippen LogP contribution in [0.3, 0.4) is 0 Å². The zero-order chi connectivity index (χ0) is 33.2. The van der Waals surface area contributed by atoms with Crippen LogP contribution < -0.4 is 21.3 Å². The van der Waals surface area contributed by atoms with E-state index >= 15 is 0 Å². The molecule has 0 atom stereocenters. The first kappa shape index (κ1) is 27.3. The minimum atomic E-state index is 0.0881. The molecule has 3 heteroatoms. The van der Waals surface area contributed by atoms with Gasteiger partial charge in [0, 0.05) is 33.5 Å². The molecule has 0 aliphatic carbocycles. The Morgan fingerprint density at radius 1 is 0.392 bits per heavy atom. The number of hydrogen-bond donors (Lipinski definition) is 0. The maximum Gasteiger partial charge on any atom is 0.249 e. The molecule has 0 saturated carbocycles. The Hall–Kier alpha value is -6.58. The minimum absolute atomic E-state index is 0.0881. The fourth-order valence-corrected chi connectivity index (χ4v) is 9.53. The van der Waals surface area contributed by atoms with Crippen molar-refractivity contribution in [1.29, 1.82) is 0 Å². The predicted molar refractivity (Wildman–Crippen MR) is 218 cm³/mol. The molecule has 9 aromatic carbocycles. The molecule has 0 saturated heterocycles. The summed E-state index contributed by atoms with van der Waals surface area (Å²) in [5.41, 5.74) is 14.2. The van der Waals surface area contributed by atoms with Gasteiger partial charge in [-0.25, -0.2) is 0 Å². The van der Waals surface area contributed by atoms with Gasteiger partial charge in [0.2, 0.25) is 6.71 Å². The Kier molecular flexibility index (Phi) is 5.35. The number of aromatic nitrogens is 1. The molecular formula is C48H29BN2. The number of anilines is 3. The van der Waals surface area contributed by atoms with E-state index in [-0.39, 0.29) is 6.71 Å². The Labute approximate surface area is 295 Å². The first-order valence-electron chi connectivity index (χ1n) is 17.8. The van der Waals surface area contributed by atoms with Crippen molar-refractivity contribution in [2.75, 3.05) is 4.90 Å². The molecule has 2 aliphatic rings. The van der Waals surface area contributed by atoms with Crippen molar-refractivity contribution in [2.45, 2.75) is 0 Å². The highest BCUT2D eigenvalue weighted by Gasteiger charge is 2.42. The molecule has 0 N–H and O–H groups in total. The summed E-state index contributed by atoms with van der Waals surface area (Å²) in [7, 11) is 0. The third-order valence-electron chi connectivity index (χ3n) is 11.5. The summed E-state index contributed by atoms with van der Waals surface area (Å²) >= 11 is 0. The van der Waals surface area contributed by atoms with Crippen LogP contribution in [0.2, 0.25) is 0 Å². The summed E-state index contributed by atoms with van der Waals surface area (Å²) in [5.74, 6) is 0. The van der Waals surface area contributed by atoms with E-state index in [2.05, 4.69) is 185 Å². The van der Waals surface area contributed by atoms with E-state index in [0.29, 0.717) is 0 Å². The van der Waals surface area contributed by atoms with Gasteiger partial charge in [-0.05, 0) is 103 Å². The lowest BCUT2D eigenvalue weighted by atomic mass is 9.31. The normalized spacial score (nSPS) is 13.0. The fraction of sp³-hybridized carbons (Fsp3) is 0. The van der Waals surface area contributed by atoms with Gasteiger partial charge in [0.1, 0.15) is 0 Å². The third-order valence-corrected chi connectivity index (χ3v) is 11.5. The van der Waals surface area contributed by atoms with Gasteiger partial charge in [0.05, 0.1) is 11.0 Å². The number of fused-ring (bicyclic) bond motifs is 11. The Morgan fingerprint density at radius 2 is 1.10 bits per heavy atom. The van der Waals surface area contributed by atoms with E-state index < -0.39 is 0 Å². The van der Waals surface area contributed by atoms with Crippen molar-refractivity contribution in [3.63, 3.8) is 0 Å². The molecule has 0 spiro atoms. The third kappa shape index (κ3) is 3.57. The molecule has 0 unspecified atom stereocenters. The monoisotopic (exact) mass is 644 g/mol. The molecule has 2 nitrogen and oxygen atoms in total. The highest BCUT2D eigenvalue weighted by molar-refractivity contribution is 7.02. The van der Waals surface area contributed by atoms with Crippen LogP contribution in [0.5, 0.6) is 0 Å². The van der Waals surface area contributed by atoms with Gasteiger partial charge in [0.15, 0.2) is 0 Å². The van der Waals surface area contributed by atoms with Crippen molar-refractivity contribution in [1.82, 2.24) is 4.57 Å². The van der Waals surface area contributed by atoms with Crippen LogP contribution in [0.25, 0.3) is 70.9 Å². The summed E-state index contributed by atoms with van der Waals surface area (Å²) in [4.78, 5) is 2.53. The second-order valence-electron chi connectivity index (χ2n) is 14.0. The fourth-order valence-electron chi connectivity index (χ4n) is 9.53. The maximum atomic E-state index is 2.53. The van der Waals surface area contributed by atoms with Crippen molar-refractivity contribution in [3.05, 3.63) is 176 Å². The molecule has 234 valence electrons. The first-order chi connectivity index (χ1) is 25.3. The average molecular weight is 645 g/mol. The molecule has 0 fully saturated rings. The van der Waals surface area contributed by atoms with Crippen LogP contribution in [0.4, 0.5) is 17.1 Å². The van der Waals surface area contributed by atoms with Gasteiger partial charge >= 0.3 is 0 Å². The molecule has 51 heavy (non-hydrogen) atoms. The smallest absolute Gasteiger partial charge is 0.249 e. The molecule has 12 rings (SSSR count). The summed E-state index contributed by atoms with van der Waals surface area (Å²) in [6.07, 6.45) is 0. The first-order valence-corrected chi connectivity index (χ1v) is 17.8. The van der Waals surface area contributed by atoms with Crippen LogP contribution in [0.1, 0.15) is 0 Å². The lowest BCUT2D eigenvalue weighted by Gasteiger charge is -2.41. The summed E-state index contributed by atoms with van der Waals surface area (Å²) in [5, 5.41) is 10.3. The standard InChI is InChI=1S/C48H29BN2/c1-2-16-34(17-3-1)50-40-22-9-8-19-37(40)45-43(50)29-33-15-10-21-39-44(33)46(45)38-20-11-23-41-48(38)49(39)47-36-18-7-6-13-31(36)25-27-42(47)51(41)35-26-24-30-12-4-5-14-32(30)28-35/h1-29H. The number of para-hydroxylation sites is 2. The molecule has 0 bridgehead atoms. The highest BCUT2D eigenvalue weighted by Crippen LogP contribution is 2.47. The molecule has 1 aromatic heterocycles. The Bertz CT molecular complexity index is 3100. The van der Waals surface area contributed by atoms with Crippen LogP contribution in [-0.2, 0) is 0 Å². The summed E-state index contributed by atoms with van der Waals surface area (Å²) in [6, 6.07) is 65.4. The number of hydrogen-bond acceptors (Lipinski definition) is 1. The quantitative estimate of drug-likeness (QED) is 0.170. The predicted octanol–water partition coefficient (Wildman–Crippen LogP) is 10.5. The average Bonchev–Trinajstić information content (AvgIpc) is 3.52. The topological polar surface area (TPSA) is 8.17 Å². The van der Waals surface area contributed by atoms with Gasteiger partial charge in [-0.2, -0.15) is 0 Å². The van der Waals surface area contributed by atoms with Crippen LogP contribution in [-0.4, -0.2) is 11.3 Å². The largest absolute Gasteiger partial charge is 0.311 e. The summed E-state index contributed by atoms with van der Waals surface area (Å²) < 4.78 is 2.46. The highest BCUT2D eigenvalue weighted by atomic mass is 15.2. The lowest BCUT2D eigenvalue weighted by Crippen LogP contribution is -2.59. The Morgan fingerprint density at radius 3 is 2.00 bits per heavy atom.